The third kappa shape index (κ3) is 5.32. The van der Waals surface area contributed by atoms with E-state index in [1.807, 2.05) is 24.5 Å². The number of piperidine rings is 1. The summed E-state index contributed by atoms with van der Waals surface area (Å²) in [5, 5.41) is 3.14. The molecule has 1 aliphatic heterocycles. The molecular weight excluding hydrogens is 374 g/mol. The van der Waals surface area contributed by atoms with E-state index in [0.29, 0.717) is 12.6 Å². The summed E-state index contributed by atoms with van der Waals surface area (Å²) in [5.41, 5.74) is 3.52. The Labute approximate surface area is 179 Å². The quantitative estimate of drug-likeness (QED) is 0.758. The average molecular weight is 408 g/mol. The molecule has 1 aromatic carbocycles. The van der Waals surface area contributed by atoms with Crippen LogP contribution in [0.2, 0.25) is 0 Å². The van der Waals surface area contributed by atoms with Gasteiger partial charge in [-0.2, -0.15) is 0 Å². The van der Waals surface area contributed by atoms with E-state index in [0.717, 1.165) is 50.1 Å². The molecule has 4 rings (SSSR count). The first-order valence-corrected chi connectivity index (χ1v) is 11.4. The van der Waals surface area contributed by atoms with Gasteiger partial charge in [-0.25, -0.2) is 0 Å². The van der Waals surface area contributed by atoms with Crippen molar-refractivity contribution in [2.45, 2.75) is 64.5 Å². The fourth-order valence-corrected chi connectivity index (χ4v) is 4.64. The summed E-state index contributed by atoms with van der Waals surface area (Å²) in [5.74, 6) is 1.18. The molecule has 1 aliphatic carbocycles. The number of carbonyl (C=O) groups is 1. The summed E-state index contributed by atoms with van der Waals surface area (Å²) in [7, 11) is 0. The van der Waals surface area contributed by atoms with Crippen molar-refractivity contribution in [3.63, 3.8) is 0 Å². The molecule has 30 heavy (non-hydrogen) atoms. The van der Waals surface area contributed by atoms with Gasteiger partial charge in [0.2, 0.25) is 5.91 Å². The number of benzene rings is 1. The van der Waals surface area contributed by atoms with Gasteiger partial charge in [-0.15, -0.1) is 0 Å². The Bertz CT molecular complexity index is 840. The minimum absolute atomic E-state index is 0.0880. The molecule has 0 spiro atoms. The molecular formula is C25H33N3O2. The second-order valence-electron chi connectivity index (χ2n) is 8.67. The van der Waals surface area contributed by atoms with Gasteiger partial charge in [0.25, 0.3) is 0 Å². The molecule has 1 saturated heterocycles. The van der Waals surface area contributed by atoms with Crippen molar-refractivity contribution in [1.29, 1.82) is 0 Å². The van der Waals surface area contributed by atoms with Crippen LogP contribution in [0, 0.1) is 12.8 Å². The smallest absolute Gasteiger partial charge is 0.223 e. The van der Waals surface area contributed by atoms with Gasteiger partial charge in [0.15, 0.2) is 0 Å². The third-order valence-corrected chi connectivity index (χ3v) is 6.42. The number of carbonyl (C=O) groups excluding carboxylic acids is 1. The lowest BCUT2D eigenvalue weighted by Gasteiger charge is -2.33. The number of nitrogens with zero attached hydrogens (tertiary/aromatic N) is 2. The lowest BCUT2D eigenvalue weighted by atomic mass is 9.95. The lowest BCUT2D eigenvalue weighted by molar-refractivity contribution is -0.125. The number of amides is 1. The number of aromatic nitrogens is 1. The Morgan fingerprint density at radius 3 is 2.70 bits per heavy atom. The van der Waals surface area contributed by atoms with Crippen LogP contribution in [0.15, 0.2) is 42.7 Å². The minimum atomic E-state index is 0.0880. The highest BCUT2D eigenvalue weighted by atomic mass is 16.5. The van der Waals surface area contributed by atoms with Gasteiger partial charge in [-0.05, 0) is 74.8 Å². The largest absolute Gasteiger partial charge is 0.490 e. The molecule has 1 saturated carbocycles. The van der Waals surface area contributed by atoms with E-state index >= 15 is 0 Å². The number of nitrogens with one attached hydrogen (secondary N) is 1. The molecule has 2 aliphatic rings. The second kappa shape index (κ2) is 9.96. The van der Waals surface area contributed by atoms with Crippen molar-refractivity contribution in [3.8, 4) is 5.75 Å². The van der Waals surface area contributed by atoms with E-state index in [9.17, 15) is 4.79 Å². The molecule has 2 aromatic rings. The van der Waals surface area contributed by atoms with Crippen LogP contribution in [0.4, 0.5) is 5.69 Å². The lowest BCUT2D eigenvalue weighted by Crippen LogP contribution is -2.40. The fraction of sp³-hybridized carbons (Fsp3) is 0.520. The molecule has 0 radical (unpaired) electrons. The topological polar surface area (TPSA) is 54.5 Å². The Morgan fingerprint density at radius 2 is 1.93 bits per heavy atom. The van der Waals surface area contributed by atoms with Crippen LogP contribution in [-0.2, 0) is 11.3 Å². The summed E-state index contributed by atoms with van der Waals surface area (Å²) < 4.78 is 6.16. The monoisotopic (exact) mass is 407 g/mol. The Hall–Kier alpha value is -2.56. The highest BCUT2D eigenvalue weighted by molar-refractivity contribution is 5.79. The summed E-state index contributed by atoms with van der Waals surface area (Å²) >= 11 is 0. The zero-order chi connectivity index (χ0) is 20.8. The summed E-state index contributed by atoms with van der Waals surface area (Å²) in [6.45, 7) is 4.47. The highest BCUT2D eigenvalue weighted by Gasteiger charge is 2.25. The maximum absolute atomic E-state index is 12.7. The fourth-order valence-electron chi connectivity index (χ4n) is 4.64. The normalized spacial score (nSPS) is 18.2. The van der Waals surface area contributed by atoms with Crippen molar-refractivity contribution in [3.05, 3.63) is 53.9 Å². The van der Waals surface area contributed by atoms with Gasteiger partial charge in [0.1, 0.15) is 5.75 Å². The minimum Gasteiger partial charge on any atom is -0.490 e. The predicted octanol–water partition coefficient (Wildman–Crippen LogP) is 4.63. The summed E-state index contributed by atoms with van der Waals surface area (Å²) in [4.78, 5) is 19.3. The van der Waals surface area contributed by atoms with E-state index in [-0.39, 0.29) is 11.8 Å². The van der Waals surface area contributed by atoms with Crippen molar-refractivity contribution >= 4 is 11.6 Å². The van der Waals surface area contributed by atoms with Gasteiger partial charge in [0, 0.05) is 43.6 Å². The zero-order valence-electron chi connectivity index (χ0n) is 18.0. The van der Waals surface area contributed by atoms with E-state index in [4.69, 9.17) is 4.74 Å². The van der Waals surface area contributed by atoms with Crippen LogP contribution in [-0.4, -0.2) is 30.1 Å². The molecule has 5 heteroatoms. The van der Waals surface area contributed by atoms with Crippen molar-refractivity contribution < 1.29 is 9.53 Å². The highest BCUT2D eigenvalue weighted by Crippen LogP contribution is 2.26. The van der Waals surface area contributed by atoms with Gasteiger partial charge in [-0.3, -0.25) is 9.78 Å². The van der Waals surface area contributed by atoms with Crippen LogP contribution in [0.3, 0.4) is 0 Å². The molecule has 160 valence electrons. The third-order valence-electron chi connectivity index (χ3n) is 6.42. The van der Waals surface area contributed by atoms with Crippen LogP contribution in [0.1, 0.15) is 56.1 Å². The van der Waals surface area contributed by atoms with Gasteiger partial charge in [0.05, 0.1) is 6.10 Å². The Morgan fingerprint density at radius 1 is 1.13 bits per heavy atom. The first-order chi connectivity index (χ1) is 14.7. The SMILES string of the molecule is Cc1cnccc1N1CCC(C(=O)NCc2cccc(OC3CCCCC3)c2)CC1. The molecule has 1 N–H and O–H groups in total. The van der Waals surface area contributed by atoms with Crippen molar-refractivity contribution in [1.82, 2.24) is 10.3 Å². The molecule has 0 atom stereocenters. The number of anilines is 1. The predicted molar refractivity (Wildman–Crippen MR) is 120 cm³/mol. The number of rotatable bonds is 6. The van der Waals surface area contributed by atoms with Gasteiger partial charge < -0.3 is 15.0 Å². The molecule has 2 heterocycles. The van der Waals surface area contributed by atoms with Crippen LogP contribution in [0.25, 0.3) is 0 Å². The standard InChI is InChI=1S/C25H33N3O2/c1-19-17-26-13-10-24(19)28-14-11-21(12-15-28)25(29)27-18-20-6-5-9-23(16-20)30-22-7-3-2-4-8-22/h5-6,9-10,13,16-17,21-22H,2-4,7-8,11-12,14-15,18H2,1H3,(H,27,29). The molecule has 1 aromatic heterocycles. The summed E-state index contributed by atoms with van der Waals surface area (Å²) in [6, 6.07) is 10.2. The van der Waals surface area contributed by atoms with Gasteiger partial charge >= 0.3 is 0 Å². The molecule has 0 unspecified atom stereocenters. The Kier molecular flexibility index (Phi) is 6.88. The molecule has 5 nitrogen and oxygen atoms in total. The maximum atomic E-state index is 12.7. The first-order valence-electron chi connectivity index (χ1n) is 11.4. The number of ether oxygens (including phenoxy) is 1. The molecule has 1 amide bonds. The maximum Gasteiger partial charge on any atom is 0.223 e. The van der Waals surface area contributed by atoms with E-state index in [2.05, 4.69) is 40.3 Å². The first kappa shape index (κ1) is 20.7. The van der Waals surface area contributed by atoms with E-state index < -0.39 is 0 Å². The number of aryl methyl sites for hydroxylation is 1. The number of hydrogen-bond acceptors (Lipinski definition) is 4. The zero-order valence-corrected chi connectivity index (χ0v) is 18.0. The average Bonchev–Trinajstić information content (AvgIpc) is 2.79. The molecule has 2 fully saturated rings. The summed E-state index contributed by atoms with van der Waals surface area (Å²) in [6.07, 6.45) is 12.0. The second-order valence-corrected chi connectivity index (χ2v) is 8.67. The van der Waals surface area contributed by atoms with Crippen molar-refractivity contribution in [2.75, 3.05) is 18.0 Å². The number of hydrogen-bond donors (Lipinski definition) is 1. The van der Waals surface area contributed by atoms with Crippen LogP contribution >= 0.6 is 0 Å². The van der Waals surface area contributed by atoms with Crippen molar-refractivity contribution in [2.24, 2.45) is 5.92 Å². The van der Waals surface area contributed by atoms with Crippen LogP contribution in [0.5, 0.6) is 5.75 Å². The van der Waals surface area contributed by atoms with Gasteiger partial charge in [-0.1, -0.05) is 18.6 Å². The number of pyridine rings is 1. The van der Waals surface area contributed by atoms with E-state index in [1.165, 1.54) is 30.5 Å². The molecule has 0 bridgehead atoms. The van der Waals surface area contributed by atoms with E-state index in [1.54, 1.807) is 0 Å². The van der Waals surface area contributed by atoms with Crippen LogP contribution < -0.4 is 15.0 Å². The Balaban J connectivity index is 1.25.